The standard InChI is InChI=1S/C15H25P/c1-2-3-4-5-6-7-8-9-14-10-12-15(16)13-11-14/h10-13H,2-9,16H2,1H3. The van der Waals surface area contributed by atoms with Gasteiger partial charge in [0.1, 0.15) is 0 Å². The topological polar surface area (TPSA) is 0 Å². The molecule has 1 heteroatoms. The summed E-state index contributed by atoms with van der Waals surface area (Å²) in [5, 5.41) is 1.28. The van der Waals surface area contributed by atoms with Crippen LogP contribution in [0, 0.1) is 0 Å². The van der Waals surface area contributed by atoms with E-state index in [9.17, 15) is 0 Å². The normalized spacial score (nSPS) is 10.6. The first kappa shape index (κ1) is 13.7. The molecule has 0 heterocycles. The lowest BCUT2D eigenvalue weighted by Gasteiger charge is -2.02. The Balaban J connectivity index is 2.01. The minimum atomic E-state index is 1.25. The van der Waals surface area contributed by atoms with E-state index in [-0.39, 0.29) is 0 Å². The summed E-state index contributed by atoms with van der Waals surface area (Å²) in [6.45, 7) is 2.27. The van der Waals surface area contributed by atoms with E-state index in [1.807, 2.05) is 0 Å². The molecular formula is C15H25P. The van der Waals surface area contributed by atoms with Crippen LogP contribution in [-0.4, -0.2) is 0 Å². The molecule has 0 bridgehead atoms. The minimum Gasteiger partial charge on any atom is -0.106 e. The fourth-order valence-corrected chi connectivity index (χ4v) is 2.16. The van der Waals surface area contributed by atoms with Crippen molar-refractivity contribution in [3.63, 3.8) is 0 Å². The first-order chi connectivity index (χ1) is 7.83. The SMILES string of the molecule is CCCCCCCCCc1ccc(P)cc1. The van der Waals surface area contributed by atoms with Crippen LogP contribution in [-0.2, 0) is 6.42 Å². The lowest BCUT2D eigenvalue weighted by atomic mass is 10.0. The minimum absolute atomic E-state index is 1.25. The Morgan fingerprint density at radius 2 is 1.38 bits per heavy atom. The number of hydrogen-bond acceptors (Lipinski definition) is 0. The van der Waals surface area contributed by atoms with Crippen LogP contribution in [0.25, 0.3) is 0 Å². The molecule has 0 saturated carbocycles. The summed E-state index contributed by atoms with van der Waals surface area (Å²) in [7, 11) is 2.73. The van der Waals surface area contributed by atoms with Crippen molar-refractivity contribution in [2.75, 3.05) is 0 Å². The molecule has 1 atom stereocenters. The van der Waals surface area contributed by atoms with Gasteiger partial charge >= 0.3 is 0 Å². The van der Waals surface area contributed by atoms with E-state index < -0.39 is 0 Å². The molecule has 0 aliphatic heterocycles. The van der Waals surface area contributed by atoms with Gasteiger partial charge in [-0.15, -0.1) is 9.24 Å². The van der Waals surface area contributed by atoms with Gasteiger partial charge in [0, 0.05) is 0 Å². The van der Waals surface area contributed by atoms with Crippen molar-refractivity contribution in [2.24, 2.45) is 0 Å². The molecule has 0 aliphatic rings. The average molecular weight is 236 g/mol. The van der Waals surface area contributed by atoms with E-state index >= 15 is 0 Å². The monoisotopic (exact) mass is 236 g/mol. The number of aryl methyl sites for hydroxylation is 1. The molecule has 0 N–H and O–H groups in total. The Labute approximate surface area is 103 Å². The van der Waals surface area contributed by atoms with Gasteiger partial charge in [0.2, 0.25) is 0 Å². The lowest BCUT2D eigenvalue weighted by Crippen LogP contribution is -1.91. The Morgan fingerprint density at radius 3 is 2.00 bits per heavy atom. The predicted molar refractivity (Wildman–Crippen MR) is 77.5 cm³/mol. The van der Waals surface area contributed by atoms with Crippen LogP contribution < -0.4 is 5.30 Å². The molecule has 1 unspecified atom stereocenters. The van der Waals surface area contributed by atoms with E-state index in [0.717, 1.165) is 0 Å². The third-order valence-corrected chi connectivity index (χ3v) is 3.43. The maximum Gasteiger partial charge on any atom is -0.0279 e. The van der Waals surface area contributed by atoms with Crippen molar-refractivity contribution in [2.45, 2.75) is 58.3 Å². The molecule has 1 rings (SSSR count). The predicted octanol–water partition coefficient (Wildman–Crippen LogP) is 4.48. The number of hydrogen-bond donors (Lipinski definition) is 0. The van der Waals surface area contributed by atoms with E-state index in [4.69, 9.17) is 0 Å². The summed E-state index contributed by atoms with van der Waals surface area (Å²) in [6.07, 6.45) is 11.0. The molecule has 90 valence electrons. The lowest BCUT2D eigenvalue weighted by molar-refractivity contribution is 0.589. The van der Waals surface area contributed by atoms with Crippen LogP contribution >= 0.6 is 9.24 Å². The smallest absolute Gasteiger partial charge is 0.0279 e. The van der Waals surface area contributed by atoms with E-state index in [1.54, 1.807) is 0 Å². The molecule has 0 nitrogen and oxygen atoms in total. The van der Waals surface area contributed by atoms with Crippen molar-refractivity contribution in [3.8, 4) is 0 Å². The highest BCUT2D eigenvalue weighted by Crippen LogP contribution is 2.10. The average Bonchev–Trinajstić information content (AvgIpc) is 2.30. The van der Waals surface area contributed by atoms with Crippen LogP contribution in [0.15, 0.2) is 24.3 Å². The fourth-order valence-electron chi connectivity index (χ4n) is 1.97. The Hall–Kier alpha value is -0.350. The van der Waals surface area contributed by atoms with Crippen molar-refractivity contribution in [1.82, 2.24) is 0 Å². The van der Waals surface area contributed by atoms with Gasteiger partial charge in [0.15, 0.2) is 0 Å². The number of rotatable bonds is 8. The van der Waals surface area contributed by atoms with E-state index in [0.29, 0.717) is 0 Å². The van der Waals surface area contributed by atoms with Gasteiger partial charge in [-0.3, -0.25) is 0 Å². The Morgan fingerprint density at radius 1 is 0.812 bits per heavy atom. The summed E-state index contributed by atoms with van der Waals surface area (Å²) in [4.78, 5) is 0. The molecule has 1 aromatic carbocycles. The van der Waals surface area contributed by atoms with Gasteiger partial charge in [0.25, 0.3) is 0 Å². The van der Waals surface area contributed by atoms with Gasteiger partial charge in [-0.1, -0.05) is 69.7 Å². The van der Waals surface area contributed by atoms with E-state index in [2.05, 4.69) is 40.4 Å². The van der Waals surface area contributed by atoms with Gasteiger partial charge in [-0.05, 0) is 23.7 Å². The quantitative estimate of drug-likeness (QED) is 0.461. The highest BCUT2D eigenvalue weighted by Gasteiger charge is 1.94. The van der Waals surface area contributed by atoms with Gasteiger partial charge in [-0.25, -0.2) is 0 Å². The largest absolute Gasteiger partial charge is 0.106 e. The molecule has 0 aromatic heterocycles. The number of unbranched alkanes of at least 4 members (excludes halogenated alkanes) is 6. The summed E-state index contributed by atoms with van der Waals surface area (Å²) in [5.74, 6) is 0. The van der Waals surface area contributed by atoms with Gasteiger partial charge in [-0.2, -0.15) is 0 Å². The zero-order valence-corrected chi connectivity index (χ0v) is 11.7. The first-order valence-electron chi connectivity index (χ1n) is 6.67. The number of benzene rings is 1. The highest BCUT2D eigenvalue weighted by atomic mass is 31.0. The fraction of sp³-hybridized carbons (Fsp3) is 0.600. The summed E-state index contributed by atoms with van der Waals surface area (Å²) in [5.41, 5.74) is 1.49. The maximum atomic E-state index is 2.73. The summed E-state index contributed by atoms with van der Waals surface area (Å²) < 4.78 is 0. The molecule has 0 spiro atoms. The van der Waals surface area contributed by atoms with Gasteiger partial charge < -0.3 is 0 Å². The molecule has 1 aromatic rings. The van der Waals surface area contributed by atoms with Crippen LogP contribution in [0.4, 0.5) is 0 Å². The third kappa shape index (κ3) is 6.28. The van der Waals surface area contributed by atoms with Crippen molar-refractivity contribution >= 4 is 14.5 Å². The molecule has 0 aliphatic carbocycles. The molecule has 0 saturated heterocycles. The zero-order valence-electron chi connectivity index (χ0n) is 10.5. The van der Waals surface area contributed by atoms with E-state index in [1.165, 1.54) is 62.2 Å². The van der Waals surface area contributed by atoms with Crippen LogP contribution in [0.5, 0.6) is 0 Å². The molecule has 0 amide bonds. The van der Waals surface area contributed by atoms with Crippen molar-refractivity contribution in [1.29, 1.82) is 0 Å². The van der Waals surface area contributed by atoms with Crippen LogP contribution in [0.3, 0.4) is 0 Å². The molecule has 0 fully saturated rings. The second kappa shape index (κ2) is 8.76. The maximum absolute atomic E-state index is 2.73. The van der Waals surface area contributed by atoms with Crippen LogP contribution in [0.1, 0.15) is 57.4 Å². The highest BCUT2D eigenvalue weighted by molar-refractivity contribution is 7.27. The third-order valence-electron chi connectivity index (χ3n) is 3.05. The zero-order chi connectivity index (χ0) is 11.6. The second-order valence-electron chi connectivity index (χ2n) is 4.61. The molecular weight excluding hydrogens is 211 g/mol. The molecule has 0 radical (unpaired) electrons. The Bertz CT molecular complexity index is 263. The summed E-state index contributed by atoms with van der Waals surface area (Å²) in [6, 6.07) is 8.86. The Kier molecular flexibility index (Phi) is 7.51. The van der Waals surface area contributed by atoms with Crippen LogP contribution in [0.2, 0.25) is 0 Å². The summed E-state index contributed by atoms with van der Waals surface area (Å²) >= 11 is 0. The first-order valence-corrected chi connectivity index (χ1v) is 7.25. The second-order valence-corrected chi connectivity index (χ2v) is 5.28. The van der Waals surface area contributed by atoms with Crippen molar-refractivity contribution < 1.29 is 0 Å². The van der Waals surface area contributed by atoms with Crippen molar-refractivity contribution in [3.05, 3.63) is 29.8 Å². The van der Waals surface area contributed by atoms with Gasteiger partial charge in [0.05, 0.1) is 0 Å². The molecule has 16 heavy (non-hydrogen) atoms.